The van der Waals surface area contributed by atoms with E-state index in [9.17, 15) is 14.7 Å². The van der Waals surface area contributed by atoms with Crippen LogP contribution in [0.5, 0.6) is 0 Å². The second-order valence-corrected chi connectivity index (χ2v) is 18.7. The van der Waals surface area contributed by atoms with E-state index in [1.54, 1.807) is 0 Å². The van der Waals surface area contributed by atoms with Gasteiger partial charge in [-0.25, -0.2) is 0 Å². The van der Waals surface area contributed by atoms with Gasteiger partial charge in [-0.2, -0.15) is 0 Å². The zero-order valence-electron chi connectivity index (χ0n) is 42.5. The molecule has 0 aromatic rings. The molecule has 64 heavy (non-hydrogen) atoms. The van der Waals surface area contributed by atoms with E-state index < -0.39 is 6.10 Å². The number of esters is 2. The molecule has 372 valence electrons. The molecule has 1 unspecified atom stereocenters. The first-order chi connectivity index (χ1) is 31.6. The van der Waals surface area contributed by atoms with Crippen molar-refractivity contribution in [1.29, 1.82) is 0 Å². The molecule has 0 heterocycles. The number of aliphatic hydroxyl groups excluding tert-OH is 1. The Balaban J connectivity index is 3.49. The van der Waals surface area contributed by atoms with Crippen molar-refractivity contribution in [2.24, 2.45) is 0 Å². The first kappa shape index (κ1) is 61.6. The Morgan fingerprint density at radius 3 is 0.938 bits per heavy atom. The SMILES string of the molecule is CCCCCCC/C=C\C/C=C\C/C=C\CCCCCCCCCCCCCCCCC(=O)OC(CO)COC(=O)CCCCCCCCCCC/C=C\C/C=C\CCCCCCC. The highest BCUT2D eigenvalue weighted by Crippen LogP contribution is 2.16. The molecule has 5 heteroatoms. The predicted molar refractivity (Wildman–Crippen MR) is 279 cm³/mol. The fraction of sp³-hybridized carbons (Fsp3) is 0.797. The number of aliphatic hydroxyl groups is 1. The molecular formula is C59H106O5. The highest BCUT2D eigenvalue weighted by atomic mass is 16.6. The fourth-order valence-electron chi connectivity index (χ4n) is 8.06. The smallest absolute Gasteiger partial charge is 0.306 e. The summed E-state index contributed by atoms with van der Waals surface area (Å²) >= 11 is 0. The van der Waals surface area contributed by atoms with Gasteiger partial charge in [-0.3, -0.25) is 9.59 Å². The molecule has 0 radical (unpaired) electrons. The summed E-state index contributed by atoms with van der Waals surface area (Å²) in [6.07, 6.45) is 73.3. The van der Waals surface area contributed by atoms with Crippen LogP contribution in [0.2, 0.25) is 0 Å². The Morgan fingerprint density at radius 2 is 0.625 bits per heavy atom. The maximum atomic E-state index is 12.3. The third kappa shape index (κ3) is 52.2. The Kier molecular flexibility index (Phi) is 52.9. The quantitative estimate of drug-likeness (QED) is 0.0374. The average Bonchev–Trinajstić information content (AvgIpc) is 3.30. The molecule has 0 aliphatic carbocycles. The van der Waals surface area contributed by atoms with Gasteiger partial charge in [-0.05, 0) is 83.5 Å². The Morgan fingerprint density at radius 1 is 0.359 bits per heavy atom. The standard InChI is InChI=1S/C59H106O5/c1-3-5-7-9-11-13-15-17-19-21-23-25-26-27-28-29-30-31-32-34-36-38-40-42-44-46-48-50-52-54-59(62)64-57(55-60)56-63-58(61)53-51-49-47-45-43-41-39-37-35-33-24-22-20-18-16-14-12-10-8-6-4-2/h15-18,21-24,26-27,57,60H,3-14,19-20,25,28-56H2,1-2H3/b17-15-,18-16-,23-21-,24-22-,27-26-. The van der Waals surface area contributed by atoms with Crippen LogP contribution >= 0.6 is 0 Å². The fourth-order valence-corrected chi connectivity index (χ4v) is 8.06. The van der Waals surface area contributed by atoms with Gasteiger partial charge in [0.25, 0.3) is 0 Å². The van der Waals surface area contributed by atoms with E-state index in [0.717, 1.165) is 57.8 Å². The number of rotatable bonds is 51. The number of carbonyl (C=O) groups excluding carboxylic acids is 2. The van der Waals surface area contributed by atoms with E-state index in [0.29, 0.717) is 12.8 Å². The summed E-state index contributed by atoms with van der Waals surface area (Å²) < 4.78 is 10.7. The van der Waals surface area contributed by atoms with Crippen molar-refractivity contribution in [1.82, 2.24) is 0 Å². The minimum absolute atomic E-state index is 0.0679. The van der Waals surface area contributed by atoms with Gasteiger partial charge in [0.1, 0.15) is 6.61 Å². The molecule has 0 spiro atoms. The van der Waals surface area contributed by atoms with Crippen molar-refractivity contribution in [3.8, 4) is 0 Å². The Labute approximate surface area is 398 Å². The topological polar surface area (TPSA) is 72.8 Å². The van der Waals surface area contributed by atoms with E-state index in [-0.39, 0.29) is 25.2 Å². The van der Waals surface area contributed by atoms with E-state index >= 15 is 0 Å². The first-order valence-corrected chi connectivity index (χ1v) is 27.8. The molecule has 1 atom stereocenters. The highest BCUT2D eigenvalue weighted by Gasteiger charge is 2.16. The zero-order chi connectivity index (χ0) is 46.3. The minimum Gasteiger partial charge on any atom is -0.462 e. The van der Waals surface area contributed by atoms with Gasteiger partial charge < -0.3 is 14.6 Å². The van der Waals surface area contributed by atoms with Crippen molar-refractivity contribution in [3.63, 3.8) is 0 Å². The minimum atomic E-state index is -0.776. The van der Waals surface area contributed by atoms with Gasteiger partial charge in [0.05, 0.1) is 6.61 Å². The third-order valence-electron chi connectivity index (χ3n) is 12.3. The van der Waals surface area contributed by atoms with Crippen molar-refractivity contribution in [2.45, 2.75) is 290 Å². The predicted octanol–water partition coefficient (Wildman–Crippen LogP) is 18.6. The van der Waals surface area contributed by atoms with Crippen molar-refractivity contribution < 1.29 is 24.2 Å². The van der Waals surface area contributed by atoms with Crippen LogP contribution in [0.1, 0.15) is 284 Å². The van der Waals surface area contributed by atoms with Gasteiger partial charge in [-0.1, -0.05) is 248 Å². The van der Waals surface area contributed by atoms with E-state index in [1.807, 2.05) is 0 Å². The lowest BCUT2D eigenvalue weighted by Gasteiger charge is -2.15. The van der Waals surface area contributed by atoms with Crippen LogP contribution in [0, 0.1) is 0 Å². The van der Waals surface area contributed by atoms with E-state index in [1.165, 1.54) is 199 Å². The summed E-state index contributed by atoms with van der Waals surface area (Å²) in [7, 11) is 0. The molecule has 0 saturated carbocycles. The van der Waals surface area contributed by atoms with Crippen molar-refractivity contribution in [2.75, 3.05) is 13.2 Å². The van der Waals surface area contributed by atoms with Gasteiger partial charge >= 0.3 is 11.9 Å². The van der Waals surface area contributed by atoms with Gasteiger partial charge in [-0.15, -0.1) is 0 Å². The van der Waals surface area contributed by atoms with Gasteiger partial charge in [0, 0.05) is 12.8 Å². The first-order valence-electron chi connectivity index (χ1n) is 27.8. The number of hydrogen-bond donors (Lipinski definition) is 1. The van der Waals surface area contributed by atoms with Crippen LogP contribution in [-0.4, -0.2) is 36.4 Å². The second kappa shape index (κ2) is 54.9. The average molecular weight is 895 g/mol. The lowest BCUT2D eigenvalue weighted by atomic mass is 10.0. The number of unbranched alkanes of at least 4 members (excludes halogenated alkanes) is 33. The number of hydrogen-bond acceptors (Lipinski definition) is 5. The number of carbonyl (C=O) groups is 2. The molecule has 1 N–H and O–H groups in total. The maximum absolute atomic E-state index is 12.3. The molecule has 0 fully saturated rings. The summed E-state index contributed by atoms with van der Waals surface area (Å²) in [5, 5.41) is 9.65. The lowest BCUT2D eigenvalue weighted by Crippen LogP contribution is -2.28. The molecule has 0 aromatic carbocycles. The monoisotopic (exact) mass is 895 g/mol. The maximum Gasteiger partial charge on any atom is 0.306 e. The number of allylic oxidation sites excluding steroid dienone is 10. The van der Waals surface area contributed by atoms with E-state index in [2.05, 4.69) is 74.6 Å². The van der Waals surface area contributed by atoms with E-state index in [4.69, 9.17) is 9.47 Å². The van der Waals surface area contributed by atoms with Gasteiger partial charge in [0.2, 0.25) is 0 Å². The van der Waals surface area contributed by atoms with Crippen molar-refractivity contribution in [3.05, 3.63) is 60.8 Å². The van der Waals surface area contributed by atoms with Crippen molar-refractivity contribution >= 4 is 11.9 Å². The second-order valence-electron chi connectivity index (χ2n) is 18.7. The normalized spacial score (nSPS) is 12.6. The molecular weight excluding hydrogens is 789 g/mol. The van der Waals surface area contributed by atoms with Crippen LogP contribution in [-0.2, 0) is 19.1 Å². The summed E-state index contributed by atoms with van der Waals surface area (Å²) in [6, 6.07) is 0. The molecule has 0 aromatic heterocycles. The largest absolute Gasteiger partial charge is 0.462 e. The molecule has 0 rings (SSSR count). The van der Waals surface area contributed by atoms with Crippen LogP contribution in [0.15, 0.2) is 60.8 Å². The Bertz CT molecular complexity index is 1100. The molecule has 0 amide bonds. The zero-order valence-corrected chi connectivity index (χ0v) is 42.5. The molecule has 0 saturated heterocycles. The highest BCUT2D eigenvalue weighted by molar-refractivity contribution is 5.70. The molecule has 5 nitrogen and oxygen atoms in total. The molecule has 0 aliphatic heterocycles. The van der Waals surface area contributed by atoms with Crippen LogP contribution in [0.25, 0.3) is 0 Å². The van der Waals surface area contributed by atoms with Crippen LogP contribution in [0.4, 0.5) is 0 Å². The van der Waals surface area contributed by atoms with Crippen LogP contribution in [0.3, 0.4) is 0 Å². The summed E-state index contributed by atoms with van der Waals surface area (Å²) in [5.74, 6) is -0.588. The summed E-state index contributed by atoms with van der Waals surface area (Å²) in [5.41, 5.74) is 0. The third-order valence-corrected chi connectivity index (χ3v) is 12.3. The molecule has 0 aliphatic rings. The Hall–Kier alpha value is -2.40. The lowest BCUT2D eigenvalue weighted by molar-refractivity contribution is -0.161. The summed E-state index contributed by atoms with van der Waals surface area (Å²) in [6.45, 7) is 4.14. The number of ether oxygens (including phenoxy) is 2. The molecule has 0 bridgehead atoms. The summed E-state index contributed by atoms with van der Waals surface area (Å²) in [4.78, 5) is 24.5. The van der Waals surface area contributed by atoms with Crippen LogP contribution < -0.4 is 0 Å². The van der Waals surface area contributed by atoms with Gasteiger partial charge in [0.15, 0.2) is 6.10 Å².